The second-order valence-electron chi connectivity index (χ2n) is 5.81. The molecule has 1 aromatic heterocycles. The molecule has 0 spiro atoms. The highest BCUT2D eigenvalue weighted by Gasteiger charge is 2.13. The molecule has 0 saturated heterocycles. The molecule has 1 fully saturated rings. The van der Waals surface area contributed by atoms with Crippen LogP contribution in [0.5, 0.6) is 0 Å². The SMILES string of the molecule is Cc1cc(NN=C2CCC(C)CC2)nc2ccccc12. The zero-order valence-electron chi connectivity index (χ0n) is 12.2. The molecule has 3 nitrogen and oxygen atoms in total. The van der Waals surface area contributed by atoms with E-state index < -0.39 is 0 Å². The molecule has 1 heterocycles. The van der Waals surface area contributed by atoms with Gasteiger partial charge < -0.3 is 0 Å². The lowest BCUT2D eigenvalue weighted by atomic mass is 9.90. The second-order valence-corrected chi connectivity index (χ2v) is 5.81. The fourth-order valence-electron chi connectivity index (χ4n) is 2.75. The van der Waals surface area contributed by atoms with Gasteiger partial charge in [0.2, 0.25) is 0 Å². The van der Waals surface area contributed by atoms with Crippen molar-refractivity contribution in [3.63, 3.8) is 0 Å². The summed E-state index contributed by atoms with van der Waals surface area (Å²) in [5.41, 5.74) is 6.67. The first-order valence-corrected chi connectivity index (χ1v) is 7.40. The van der Waals surface area contributed by atoms with Gasteiger partial charge in [0.1, 0.15) is 5.82 Å². The minimum atomic E-state index is 0.840. The van der Waals surface area contributed by atoms with Crippen LogP contribution < -0.4 is 5.43 Å². The van der Waals surface area contributed by atoms with Gasteiger partial charge in [-0.25, -0.2) is 4.98 Å². The number of hydrogen-bond donors (Lipinski definition) is 1. The summed E-state index contributed by atoms with van der Waals surface area (Å²) < 4.78 is 0. The van der Waals surface area contributed by atoms with E-state index in [0.29, 0.717) is 0 Å². The minimum Gasteiger partial charge on any atom is -0.261 e. The Morgan fingerprint density at radius 2 is 1.95 bits per heavy atom. The van der Waals surface area contributed by atoms with Crippen LogP contribution in [0, 0.1) is 12.8 Å². The number of fused-ring (bicyclic) bond motifs is 1. The minimum absolute atomic E-state index is 0.840. The fraction of sp³-hybridized carbons (Fsp3) is 0.412. The quantitative estimate of drug-likeness (QED) is 0.812. The monoisotopic (exact) mass is 267 g/mol. The highest BCUT2D eigenvalue weighted by molar-refractivity contribution is 5.86. The first-order chi connectivity index (χ1) is 9.72. The van der Waals surface area contributed by atoms with Gasteiger partial charge in [0.15, 0.2) is 0 Å². The van der Waals surface area contributed by atoms with E-state index in [2.05, 4.69) is 41.5 Å². The van der Waals surface area contributed by atoms with E-state index in [1.54, 1.807) is 0 Å². The van der Waals surface area contributed by atoms with Crippen molar-refractivity contribution in [2.45, 2.75) is 39.5 Å². The van der Waals surface area contributed by atoms with Crippen LogP contribution in [0.15, 0.2) is 35.4 Å². The van der Waals surface area contributed by atoms with Crippen molar-refractivity contribution in [1.82, 2.24) is 4.98 Å². The lowest BCUT2D eigenvalue weighted by molar-refractivity contribution is 0.483. The number of aromatic nitrogens is 1. The summed E-state index contributed by atoms with van der Waals surface area (Å²) in [5, 5.41) is 5.75. The van der Waals surface area contributed by atoms with Crippen LogP contribution in [0.1, 0.15) is 38.2 Å². The van der Waals surface area contributed by atoms with Gasteiger partial charge in [0, 0.05) is 11.1 Å². The van der Waals surface area contributed by atoms with E-state index in [4.69, 9.17) is 0 Å². The van der Waals surface area contributed by atoms with Crippen molar-refractivity contribution < 1.29 is 0 Å². The number of aryl methyl sites for hydroxylation is 1. The van der Waals surface area contributed by atoms with Gasteiger partial charge in [-0.05, 0) is 56.2 Å². The predicted octanol–water partition coefficient (Wildman–Crippen LogP) is 4.52. The normalized spacial score (nSPS) is 19.1. The fourth-order valence-corrected chi connectivity index (χ4v) is 2.75. The number of anilines is 1. The average molecular weight is 267 g/mol. The molecule has 2 aromatic rings. The smallest absolute Gasteiger partial charge is 0.147 e. The molecule has 0 radical (unpaired) electrons. The second kappa shape index (κ2) is 5.61. The number of hydrogen-bond acceptors (Lipinski definition) is 3. The lowest BCUT2D eigenvalue weighted by Crippen LogP contribution is -2.13. The van der Waals surface area contributed by atoms with Gasteiger partial charge in [-0.15, -0.1) is 0 Å². The largest absolute Gasteiger partial charge is 0.261 e. The molecule has 104 valence electrons. The molecule has 20 heavy (non-hydrogen) atoms. The molecule has 0 bridgehead atoms. The summed E-state index contributed by atoms with van der Waals surface area (Å²) in [6.07, 6.45) is 4.73. The lowest BCUT2D eigenvalue weighted by Gasteiger charge is -2.18. The highest BCUT2D eigenvalue weighted by atomic mass is 15.3. The molecule has 1 aliphatic rings. The Hall–Kier alpha value is -1.90. The van der Waals surface area contributed by atoms with Gasteiger partial charge in [-0.1, -0.05) is 25.1 Å². The third-order valence-corrected chi connectivity index (χ3v) is 4.10. The van der Waals surface area contributed by atoms with E-state index in [9.17, 15) is 0 Å². The Kier molecular flexibility index (Phi) is 3.68. The molecule has 1 N–H and O–H groups in total. The predicted molar refractivity (Wildman–Crippen MR) is 85.2 cm³/mol. The standard InChI is InChI=1S/C17H21N3/c1-12-7-9-14(10-8-12)19-20-17-11-13(2)15-5-3-4-6-16(15)18-17/h3-6,11-12H,7-10H2,1-2H3,(H,18,20). The van der Waals surface area contributed by atoms with Gasteiger partial charge in [-0.3, -0.25) is 5.43 Å². The molecule has 0 aliphatic heterocycles. The highest BCUT2D eigenvalue weighted by Crippen LogP contribution is 2.22. The summed E-state index contributed by atoms with van der Waals surface area (Å²) in [6, 6.07) is 10.3. The Morgan fingerprint density at radius 3 is 2.75 bits per heavy atom. The van der Waals surface area contributed by atoms with Crippen LogP contribution in [-0.2, 0) is 0 Å². The average Bonchev–Trinajstić information content (AvgIpc) is 2.47. The van der Waals surface area contributed by atoms with E-state index in [1.165, 1.54) is 29.5 Å². The maximum Gasteiger partial charge on any atom is 0.147 e. The van der Waals surface area contributed by atoms with Crippen molar-refractivity contribution in [3.8, 4) is 0 Å². The van der Waals surface area contributed by atoms with Crippen molar-refractivity contribution in [2.75, 3.05) is 5.43 Å². The molecule has 3 heteroatoms. The van der Waals surface area contributed by atoms with E-state index in [1.807, 2.05) is 18.2 Å². The Labute approximate surface area is 120 Å². The zero-order chi connectivity index (χ0) is 13.9. The van der Waals surface area contributed by atoms with Crippen LogP contribution in [0.2, 0.25) is 0 Å². The van der Waals surface area contributed by atoms with Gasteiger partial charge in [-0.2, -0.15) is 5.10 Å². The summed E-state index contributed by atoms with van der Waals surface area (Å²) >= 11 is 0. The number of rotatable bonds is 2. The topological polar surface area (TPSA) is 37.3 Å². The number of hydrazone groups is 1. The Morgan fingerprint density at radius 1 is 1.20 bits per heavy atom. The van der Waals surface area contributed by atoms with E-state index in [-0.39, 0.29) is 0 Å². The maximum atomic E-state index is 4.62. The number of nitrogens with one attached hydrogen (secondary N) is 1. The molecule has 0 amide bonds. The number of benzene rings is 1. The van der Waals surface area contributed by atoms with Crippen LogP contribution in [0.3, 0.4) is 0 Å². The maximum absolute atomic E-state index is 4.62. The molecule has 3 rings (SSSR count). The summed E-state index contributed by atoms with van der Waals surface area (Å²) in [6.45, 7) is 4.43. The molecule has 0 atom stereocenters. The first kappa shape index (κ1) is 13.1. The van der Waals surface area contributed by atoms with Crippen molar-refractivity contribution in [1.29, 1.82) is 0 Å². The summed E-state index contributed by atoms with van der Waals surface area (Å²) in [5.74, 6) is 1.68. The van der Waals surface area contributed by atoms with Crippen molar-refractivity contribution in [3.05, 3.63) is 35.9 Å². The molecule has 1 aromatic carbocycles. The van der Waals surface area contributed by atoms with Gasteiger partial charge >= 0.3 is 0 Å². The Balaban J connectivity index is 1.79. The van der Waals surface area contributed by atoms with Crippen molar-refractivity contribution >= 4 is 22.4 Å². The molecule has 1 saturated carbocycles. The van der Waals surface area contributed by atoms with E-state index >= 15 is 0 Å². The summed E-state index contributed by atoms with van der Waals surface area (Å²) in [4.78, 5) is 4.62. The van der Waals surface area contributed by atoms with E-state index in [0.717, 1.165) is 30.1 Å². The molecule has 0 unspecified atom stereocenters. The van der Waals surface area contributed by atoms with Crippen molar-refractivity contribution in [2.24, 2.45) is 11.0 Å². The molecular formula is C17H21N3. The van der Waals surface area contributed by atoms with Gasteiger partial charge in [0.05, 0.1) is 5.52 Å². The van der Waals surface area contributed by atoms with Gasteiger partial charge in [0.25, 0.3) is 0 Å². The molecular weight excluding hydrogens is 246 g/mol. The number of pyridine rings is 1. The van der Waals surface area contributed by atoms with Crippen LogP contribution in [0.4, 0.5) is 5.82 Å². The number of para-hydroxylation sites is 1. The number of nitrogens with zero attached hydrogens (tertiary/aromatic N) is 2. The van der Waals surface area contributed by atoms with Crippen LogP contribution in [-0.4, -0.2) is 10.7 Å². The Bertz CT molecular complexity index is 636. The third kappa shape index (κ3) is 2.82. The molecule has 1 aliphatic carbocycles. The first-order valence-electron chi connectivity index (χ1n) is 7.40. The summed E-state index contributed by atoms with van der Waals surface area (Å²) in [7, 11) is 0. The third-order valence-electron chi connectivity index (χ3n) is 4.10. The van der Waals surface area contributed by atoms with Crippen LogP contribution in [0.25, 0.3) is 10.9 Å². The zero-order valence-corrected chi connectivity index (χ0v) is 12.2. The van der Waals surface area contributed by atoms with Crippen LogP contribution >= 0.6 is 0 Å².